The molecule has 0 spiro atoms. The number of hydrogen-bond donors (Lipinski definition) is 2. The maximum absolute atomic E-state index is 11.8. The number of rotatable bonds is 3. The second-order valence-electron chi connectivity index (χ2n) is 5.70. The maximum atomic E-state index is 11.8. The van der Waals surface area contributed by atoms with Crippen LogP contribution in [0, 0.1) is 6.92 Å². The van der Waals surface area contributed by atoms with E-state index in [-0.39, 0.29) is 0 Å². The number of carbonyl (C=O) groups is 2. The molecule has 1 atom stereocenters. The molecule has 0 saturated carbocycles. The monoisotopic (exact) mass is 294 g/mol. The van der Waals surface area contributed by atoms with Crippen molar-refractivity contribution in [1.29, 1.82) is 0 Å². The summed E-state index contributed by atoms with van der Waals surface area (Å²) in [5.41, 5.74) is 7.13. The summed E-state index contributed by atoms with van der Waals surface area (Å²) in [6.45, 7) is 7.18. The Morgan fingerprint density at radius 1 is 1.29 bits per heavy atom. The number of carbonyl (C=O) groups excluding carboxylic acids is 2. The molecule has 1 rings (SSSR count). The van der Waals surface area contributed by atoms with Gasteiger partial charge in [0.15, 0.2) is 0 Å². The van der Waals surface area contributed by atoms with Crippen LogP contribution in [-0.2, 0) is 14.3 Å². The third kappa shape index (κ3) is 5.07. The number of nitrogens with one attached hydrogen (secondary N) is 1. The van der Waals surface area contributed by atoms with Crippen molar-refractivity contribution in [3.05, 3.63) is 29.3 Å². The average molecular weight is 294 g/mol. The molecule has 21 heavy (non-hydrogen) atoms. The summed E-state index contributed by atoms with van der Waals surface area (Å²) in [5.74, 6) is -0.540. The molecule has 6 heteroatoms. The molecule has 0 saturated heterocycles. The number of aryl methyl sites for hydroxylation is 1. The van der Waals surface area contributed by atoms with Crippen LogP contribution in [0.25, 0.3) is 0 Å². The smallest absolute Gasteiger partial charge is 0.412 e. The van der Waals surface area contributed by atoms with Crippen molar-refractivity contribution in [2.24, 2.45) is 5.73 Å². The number of anilines is 1. The normalized spacial score (nSPS) is 12.5. The van der Waals surface area contributed by atoms with Crippen LogP contribution in [0.3, 0.4) is 0 Å². The first-order valence-corrected chi connectivity index (χ1v) is 6.58. The van der Waals surface area contributed by atoms with Gasteiger partial charge in [-0.05, 0) is 44.9 Å². The number of amides is 1. The lowest BCUT2D eigenvalue weighted by Crippen LogP contribution is -2.27. The van der Waals surface area contributed by atoms with Crippen molar-refractivity contribution < 1.29 is 19.1 Å². The van der Waals surface area contributed by atoms with Gasteiger partial charge < -0.3 is 15.2 Å². The Morgan fingerprint density at radius 2 is 1.90 bits per heavy atom. The van der Waals surface area contributed by atoms with Gasteiger partial charge in [0.05, 0.1) is 7.11 Å². The topological polar surface area (TPSA) is 90.6 Å². The van der Waals surface area contributed by atoms with E-state index in [4.69, 9.17) is 10.5 Å². The molecule has 1 unspecified atom stereocenters. The molecular formula is C15H22N2O4. The summed E-state index contributed by atoms with van der Waals surface area (Å²) >= 11 is 0. The molecule has 0 aliphatic rings. The molecule has 0 heterocycles. The first kappa shape index (κ1) is 17.0. The highest BCUT2D eigenvalue weighted by Gasteiger charge is 2.19. The van der Waals surface area contributed by atoms with Crippen LogP contribution in [0.1, 0.15) is 37.9 Å². The van der Waals surface area contributed by atoms with E-state index in [9.17, 15) is 9.59 Å². The van der Waals surface area contributed by atoms with Crippen molar-refractivity contribution >= 4 is 17.7 Å². The van der Waals surface area contributed by atoms with Crippen molar-refractivity contribution in [1.82, 2.24) is 0 Å². The Labute approximate surface area is 124 Å². The Bertz CT molecular complexity index is 535. The molecule has 1 amide bonds. The van der Waals surface area contributed by atoms with Crippen molar-refractivity contribution in [2.75, 3.05) is 12.4 Å². The predicted octanol–water partition coefficient (Wildman–Crippen LogP) is 2.51. The van der Waals surface area contributed by atoms with Crippen LogP contribution in [0.2, 0.25) is 0 Å². The maximum Gasteiger partial charge on any atom is 0.412 e. The minimum absolute atomic E-state index is 0.540. The van der Waals surface area contributed by atoms with E-state index in [1.807, 2.05) is 6.92 Å². The van der Waals surface area contributed by atoms with Gasteiger partial charge in [0.2, 0.25) is 0 Å². The third-order valence-electron chi connectivity index (χ3n) is 2.71. The highest BCUT2D eigenvalue weighted by molar-refractivity contribution is 5.86. The van der Waals surface area contributed by atoms with Crippen molar-refractivity contribution in [3.8, 4) is 0 Å². The molecule has 0 aliphatic heterocycles. The van der Waals surface area contributed by atoms with Gasteiger partial charge in [-0.1, -0.05) is 12.1 Å². The zero-order valence-electron chi connectivity index (χ0n) is 13.0. The fourth-order valence-corrected chi connectivity index (χ4v) is 1.64. The zero-order chi connectivity index (χ0) is 16.2. The van der Waals surface area contributed by atoms with E-state index in [0.717, 1.165) is 5.56 Å². The quantitative estimate of drug-likeness (QED) is 0.836. The second-order valence-corrected chi connectivity index (χ2v) is 5.70. The predicted molar refractivity (Wildman–Crippen MR) is 80.0 cm³/mol. The van der Waals surface area contributed by atoms with E-state index >= 15 is 0 Å². The van der Waals surface area contributed by atoms with Gasteiger partial charge >= 0.3 is 12.1 Å². The highest BCUT2D eigenvalue weighted by atomic mass is 16.6. The molecule has 0 radical (unpaired) electrons. The van der Waals surface area contributed by atoms with Crippen LogP contribution in [0.5, 0.6) is 0 Å². The van der Waals surface area contributed by atoms with Crippen molar-refractivity contribution in [3.63, 3.8) is 0 Å². The zero-order valence-corrected chi connectivity index (χ0v) is 13.0. The van der Waals surface area contributed by atoms with Gasteiger partial charge in [0.25, 0.3) is 0 Å². The largest absolute Gasteiger partial charge is 0.468 e. The lowest BCUT2D eigenvalue weighted by atomic mass is 10.0. The summed E-state index contributed by atoms with van der Waals surface area (Å²) in [4.78, 5) is 23.3. The minimum atomic E-state index is -0.894. The third-order valence-corrected chi connectivity index (χ3v) is 2.71. The molecule has 0 bridgehead atoms. The van der Waals surface area contributed by atoms with Crippen LogP contribution < -0.4 is 11.1 Å². The number of benzene rings is 1. The molecular weight excluding hydrogens is 272 g/mol. The second kappa shape index (κ2) is 6.58. The van der Waals surface area contributed by atoms with Gasteiger partial charge in [-0.25, -0.2) is 4.79 Å². The molecule has 116 valence electrons. The van der Waals surface area contributed by atoms with Gasteiger partial charge in [-0.2, -0.15) is 0 Å². The lowest BCUT2D eigenvalue weighted by Gasteiger charge is -2.20. The number of nitrogens with two attached hydrogens (primary N) is 1. The van der Waals surface area contributed by atoms with E-state index in [1.54, 1.807) is 39.0 Å². The number of esters is 1. The Balaban J connectivity index is 2.93. The summed E-state index contributed by atoms with van der Waals surface area (Å²) in [6, 6.07) is 4.23. The summed E-state index contributed by atoms with van der Waals surface area (Å²) in [5, 5.41) is 2.65. The van der Waals surface area contributed by atoms with Crippen LogP contribution in [0.4, 0.5) is 10.5 Å². The Kier molecular flexibility index (Phi) is 5.32. The highest BCUT2D eigenvalue weighted by Crippen LogP contribution is 2.22. The van der Waals surface area contributed by atoms with Crippen LogP contribution in [-0.4, -0.2) is 24.8 Å². The van der Waals surface area contributed by atoms with E-state index in [0.29, 0.717) is 11.3 Å². The first-order chi connectivity index (χ1) is 9.64. The van der Waals surface area contributed by atoms with E-state index in [2.05, 4.69) is 10.1 Å². The Hall–Kier alpha value is -2.08. The van der Waals surface area contributed by atoms with Crippen LogP contribution in [0.15, 0.2) is 18.2 Å². The minimum Gasteiger partial charge on any atom is -0.468 e. The molecule has 6 nitrogen and oxygen atoms in total. The van der Waals surface area contributed by atoms with Gasteiger partial charge in [0, 0.05) is 5.69 Å². The average Bonchev–Trinajstić information content (AvgIpc) is 2.37. The summed E-state index contributed by atoms with van der Waals surface area (Å²) in [6.07, 6.45) is -0.561. The summed E-state index contributed by atoms with van der Waals surface area (Å²) < 4.78 is 9.80. The van der Waals surface area contributed by atoms with Crippen molar-refractivity contribution in [2.45, 2.75) is 39.3 Å². The number of methoxy groups -OCH3 is 1. The van der Waals surface area contributed by atoms with Gasteiger partial charge in [-0.3, -0.25) is 10.1 Å². The molecule has 1 aromatic rings. The number of ether oxygens (including phenoxy) is 2. The molecule has 0 aliphatic carbocycles. The number of hydrogen-bond acceptors (Lipinski definition) is 5. The summed E-state index contributed by atoms with van der Waals surface area (Å²) in [7, 11) is 1.27. The molecule has 1 aromatic carbocycles. The van der Waals surface area contributed by atoms with E-state index in [1.165, 1.54) is 7.11 Å². The van der Waals surface area contributed by atoms with Gasteiger partial charge in [-0.15, -0.1) is 0 Å². The fourth-order valence-electron chi connectivity index (χ4n) is 1.64. The standard InChI is InChI=1S/C15H22N2O4/c1-9-6-7-10(12(16)13(18)20-5)8-11(9)17-14(19)21-15(2,3)4/h6-8,12H,16H2,1-5H3,(H,17,19). The van der Waals surface area contributed by atoms with E-state index < -0.39 is 23.7 Å². The fraction of sp³-hybridized carbons (Fsp3) is 0.467. The first-order valence-electron chi connectivity index (χ1n) is 6.58. The Morgan fingerprint density at radius 3 is 2.43 bits per heavy atom. The van der Waals surface area contributed by atoms with Crippen LogP contribution >= 0.6 is 0 Å². The lowest BCUT2D eigenvalue weighted by molar-refractivity contribution is -0.142. The molecule has 0 aromatic heterocycles. The molecule has 3 N–H and O–H groups in total. The van der Waals surface area contributed by atoms with Gasteiger partial charge in [0.1, 0.15) is 11.6 Å². The SMILES string of the molecule is COC(=O)C(N)c1ccc(C)c(NC(=O)OC(C)(C)C)c1. The molecule has 0 fully saturated rings.